The van der Waals surface area contributed by atoms with E-state index in [4.69, 9.17) is 4.74 Å². The van der Waals surface area contributed by atoms with Gasteiger partial charge < -0.3 is 15.4 Å². The van der Waals surface area contributed by atoms with Crippen LogP contribution >= 0.6 is 0 Å². The van der Waals surface area contributed by atoms with Gasteiger partial charge in [0.15, 0.2) is 0 Å². The summed E-state index contributed by atoms with van der Waals surface area (Å²) in [5, 5.41) is 6.37. The molecular weight excluding hydrogens is 180 g/mol. The Morgan fingerprint density at radius 3 is 3.36 bits per heavy atom. The second-order valence-corrected chi connectivity index (χ2v) is 4.22. The van der Waals surface area contributed by atoms with Crippen LogP contribution in [0.2, 0.25) is 0 Å². The van der Waals surface area contributed by atoms with Crippen LogP contribution in [0.3, 0.4) is 0 Å². The number of nitrogens with one attached hydrogen (secondary N) is 2. The van der Waals surface area contributed by atoms with Gasteiger partial charge in [0.1, 0.15) is 0 Å². The van der Waals surface area contributed by atoms with E-state index in [0.29, 0.717) is 12.5 Å². The lowest BCUT2D eigenvalue weighted by Crippen LogP contribution is -2.51. The summed E-state index contributed by atoms with van der Waals surface area (Å²) in [4.78, 5) is 11.4. The third kappa shape index (κ3) is 1.59. The van der Waals surface area contributed by atoms with Crippen molar-refractivity contribution in [2.45, 2.75) is 31.7 Å². The van der Waals surface area contributed by atoms with Crippen LogP contribution in [-0.2, 0) is 4.74 Å². The molecule has 1 saturated carbocycles. The first-order valence-corrected chi connectivity index (χ1v) is 5.42. The first-order chi connectivity index (χ1) is 6.77. The summed E-state index contributed by atoms with van der Waals surface area (Å²) in [6.07, 6.45) is 3.27. The molecule has 2 fully saturated rings. The zero-order valence-electron chi connectivity index (χ0n) is 8.64. The van der Waals surface area contributed by atoms with Gasteiger partial charge in [-0.1, -0.05) is 6.42 Å². The van der Waals surface area contributed by atoms with Gasteiger partial charge in [0.2, 0.25) is 0 Å². The maximum absolute atomic E-state index is 11.4. The van der Waals surface area contributed by atoms with E-state index in [0.717, 1.165) is 19.5 Å². The van der Waals surface area contributed by atoms with Gasteiger partial charge in [0.25, 0.3) is 0 Å². The smallest absolute Gasteiger partial charge is 0.407 e. The monoisotopic (exact) mass is 198 g/mol. The fourth-order valence-corrected chi connectivity index (χ4v) is 2.72. The first-order valence-electron chi connectivity index (χ1n) is 5.42. The maximum Gasteiger partial charge on any atom is 0.407 e. The SMILES string of the molecule is CCOC(=O)NC12CCCC1CNC2. The quantitative estimate of drug-likeness (QED) is 0.692. The molecule has 2 unspecified atom stereocenters. The molecule has 2 N–H and O–H groups in total. The Kier molecular flexibility index (Phi) is 2.63. The molecule has 4 nitrogen and oxygen atoms in total. The van der Waals surface area contributed by atoms with E-state index in [2.05, 4.69) is 10.6 Å². The van der Waals surface area contributed by atoms with Gasteiger partial charge in [-0.2, -0.15) is 0 Å². The zero-order valence-corrected chi connectivity index (χ0v) is 8.64. The lowest BCUT2D eigenvalue weighted by molar-refractivity contribution is 0.136. The Labute approximate surface area is 84.4 Å². The molecule has 0 aromatic heterocycles. The van der Waals surface area contributed by atoms with Crippen molar-refractivity contribution in [3.63, 3.8) is 0 Å². The number of hydrogen-bond acceptors (Lipinski definition) is 3. The molecule has 1 saturated heterocycles. The lowest BCUT2D eigenvalue weighted by Gasteiger charge is -2.29. The van der Waals surface area contributed by atoms with E-state index in [1.165, 1.54) is 12.8 Å². The van der Waals surface area contributed by atoms with Crippen LogP contribution in [0.5, 0.6) is 0 Å². The first kappa shape index (κ1) is 9.77. The minimum absolute atomic E-state index is 0.00769. The molecule has 0 radical (unpaired) electrons. The molecule has 14 heavy (non-hydrogen) atoms. The Morgan fingerprint density at radius 2 is 2.57 bits per heavy atom. The van der Waals surface area contributed by atoms with E-state index >= 15 is 0 Å². The minimum atomic E-state index is -0.261. The van der Waals surface area contributed by atoms with Gasteiger partial charge >= 0.3 is 6.09 Å². The van der Waals surface area contributed by atoms with Crippen LogP contribution in [-0.4, -0.2) is 31.3 Å². The molecule has 2 rings (SSSR count). The van der Waals surface area contributed by atoms with Crippen molar-refractivity contribution in [1.29, 1.82) is 0 Å². The summed E-state index contributed by atoms with van der Waals surface area (Å²) in [6.45, 7) is 4.21. The normalized spacial score (nSPS) is 35.4. The predicted octanol–water partition coefficient (Wildman–Crippen LogP) is 0.875. The lowest BCUT2D eigenvalue weighted by atomic mass is 9.91. The van der Waals surface area contributed by atoms with E-state index < -0.39 is 0 Å². The van der Waals surface area contributed by atoms with E-state index in [-0.39, 0.29) is 11.6 Å². The highest BCUT2D eigenvalue weighted by Gasteiger charge is 2.47. The van der Waals surface area contributed by atoms with Crippen molar-refractivity contribution in [3.05, 3.63) is 0 Å². The summed E-state index contributed by atoms with van der Waals surface area (Å²) in [6, 6.07) is 0. The van der Waals surface area contributed by atoms with Crippen molar-refractivity contribution in [2.75, 3.05) is 19.7 Å². The van der Waals surface area contributed by atoms with Gasteiger partial charge in [-0.25, -0.2) is 4.79 Å². The van der Waals surface area contributed by atoms with Crippen LogP contribution in [0.15, 0.2) is 0 Å². The van der Waals surface area contributed by atoms with Crippen molar-refractivity contribution in [3.8, 4) is 0 Å². The van der Waals surface area contributed by atoms with Crippen LogP contribution in [0.4, 0.5) is 4.79 Å². The molecule has 80 valence electrons. The van der Waals surface area contributed by atoms with Gasteiger partial charge in [0.05, 0.1) is 12.1 Å². The topological polar surface area (TPSA) is 50.4 Å². The summed E-state index contributed by atoms with van der Waals surface area (Å²) in [5.74, 6) is 0.604. The third-order valence-corrected chi connectivity index (χ3v) is 3.41. The number of rotatable bonds is 2. The van der Waals surface area contributed by atoms with Crippen LogP contribution in [0.25, 0.3) is 0 Å². The van der Waals surface area contributed by atoms with Crippen LogP contribution in [0, 0.1) is 5.92 Å². The zero-order chi connectivity index (χ0) is 10.0. The Bertz CT molecular complexity index is 220. The molecule has 1 amide bonds. The molecule has 0 bridgehead atoms. The van der Waals surface area contributed by atoms with Gasteiger partial charge in [-0.15, -0.1) is 0 Å². The number of hydrogen-bond donors (Lipinski definition) is 2. The molecule has 1 aliphatic carbocycles. The molecule has 0 aromatic rings. The standard InChI is InChI=1S/C10H18N2O2/c1-2-14-9(13)12-10-5-3-4-8(10)6-11-7-10/h8,11H,2-7H2,1H3,(H,12,13). The number of fused-ring (bicyclic) bond motifs is 1. The fourth-order valence-electron chi connectivity index (χ4n) is 2.72. The Hall–Kier alpha value is -0.770. The molecular formula is C10H18N2O2. The number of alkyl carbamates (subject to hydrolysis) is 1. The van der Waals surface area contributed by atoms with Crippen molar-refractivity contribution >= 4 is 6.09 Å². The largest absolute Gasteiger partial charge is 0.450 e. The molecule has 0 spiro atoms. The Balaban J connectivity index is 1.97. The van der Waals surface area contributed by atoms with Crippen LogP contribution in [0.1, 0.15) is 26.2 Å². The summed E-state index contributed by atoms with van der Waals surface area (Å²) < 4.78 is 4.93. The molecule has 4 heteroatoms. The Morgan fingerprint density at radius 1 is 1.71 bits per heavy atom. The summed E-state index contributed by atoms with van der Waals surface area (Å²) in [5.41, 5.74) is -0.00769. The molecule has 1 heterocycles. The van der Waals surface area contributed by atoms with Crippen molar-refractivity contribution in [1.82, 2.24) is 10.6 Å². The maximum atomic E-state index is 11.4. The minimum Gasteiger partial charge on any atom is -0.450 e. The van der Waals surface area contributed by atoms with E-state index in [1.807, 2.05) is 6.92 Å². The third-order valence-electron chi connectivity index (χ3n) is 3.41. The van der Waals surface area contributed by atoms with Gasteiger partial charge in [0, 0.05) is 13.1 Å². The number of carbonyl (C=O) groups excluding carboxylic acids is 1. The van der Waals surface area contributed by atoms with Gasteiger partial charge in [-0.3, -0.25) is 0 Å². The summed E-state index contributed by atoms with van der Waals surface area (Å²) in [7, 11) is 0. The molecule has 2 atom stereocenters. The van der Waals surface area contributed by atoms with E-state index in [1.54, 1.807) is 0 Å². The number of ether oxygens (including phenoxy) is 1. The number of amides is 1. The highest BCUT2D eigenvalue weighted by molar-refractivity contribution is 5.68. The molecule has 1 aliphatic heterocycles. The average molecular weight is 198 g/mol. The average Bonchev–Trinajstić information content (AvgIpc) is 2.62. The highest BCUT2D eigenvalue weighted by Crippen LogP contribution is 2.38. The summed E-state index contributed by atoms with van der Waals surface area (Å²) >= 11 is 0. The number of carbonyl (C=O) groups is 1. The van der Waals surface area contributed by atoms with E-state index in [9.17, 15) is 4.79 Å². The van der Waals surface area contributed by atoms with Crippen LogP contribution < -0.4 is 10.6 Å². The van der Waals surface area contributed by atoms with Crippen molar-refractivity contribution in [2.24, 2.45) is 5.92 Å². The fraction of sp³-hybridized carbons (Fsp3) is 0.900. The molecule has 2 aliphatic rings. The predicted molar refractivity (Wildman–Crippen MR) is 53.1 cm³/mol. The molecule has 0 aromatic carbocycles. The second-order valence-electron chi connectivity index (χ2n) is 4.22. The van der Waals surface area contributed by atoms with Gasteiger partial charge in [-0.05, 0) is 25.7 Å². The highest BCUT2D eigenvalue weighted by atomic mass is 16.5. The second kappa shape index (κ2) is 3.77. The van der Waals surface area contributed by atoms with Crippen molar-refractivity contribution < 1.29 is 9.53 Å².